The summed E-state index contributed by atoms with van der Waals surface area (Å²) in [5.74, 6) is 0.946. The molecule has 0 unspecified atom stereocenters. The Labute approximate surface area is 215 Å². The van der Waals surface area contributed by atoms with Crippen LogP contribution in [0.1, 0.15) is 22.7 Å². The van der Waals surface area contributed by atoms with Gasteiger partial charge in [0.25, 0.3) is 0 Å². The number of fused-ring (bicyclic) bond motifs is 1. The Morgan fingerprint density at radius 3 is 2.31 bits per heavy atom. The molecule has 180 valence electrons. The van der Waals surface area contributed by atoms with Crippen molar-refractivity contribution < 1.29 is 0 Å². The van der Waals surface area contributed by atoms with Crippen molar-refractivity contribution in [2.45, 2.75) is 13.0 Å². The number of aryl methyl sites for hydroxylation is 1. The third kappa shape index (κ3) is 4.34. The molecule has 0 amide bonds. The van der Waals surface area contributed by atoms with Crippen molar-refractivity contribution in [3.63, 3.8) is 0 Å². The molecule has 1 aliphatic rings. The topological polar surface area (TPSA) is 50.1 Å². The first-order chi connectivity index (χ1) is 17.7. The van der Waals surface area contributed by atoms with Crippen molar-refractivity contribution in [2.24, 2.45) is 0 Å². The van der Waals surface area contributed by atoms with Crippen LogP contribution in [0, 0.1) is 6.92 Å². The van der Waals surface area contributed by atoms with Gasteiger partial charge in [-0.15, -0.1) is 0 Å². The SMILES string of the molecule is Cc1cccc(-n2ncc3c(N4CCN([C@@H](c5ccccc5)c5ccc(Cl)cc5)CC4)ncnc32)c1. The van der Waals surface area contributed by atoms with Gasteiger partial charge in [-0.25, -0.2) is 14.6 Å². The average Bonchev–Trinajstić information content (AvgIpc) is 3.36. The summed E-state index contributed by atoms with van der Waals surface area (Å²) in [6, 6.07) is 27.4. The molecule has 7 heteroatoms. The Morgan fingerprint density at radius 1 is 0.806 bits per heavy atom. The summed E-state index contributed by atoms with van der Waals surface area (Å²) in [6.45, 7) is 5.67. The maximum absolute atomic E-state index is 6.19. The average molecular weight is 495 g/mol. The van der Waals surface area contributed by atoms with Crippen LogP contribution in [0.25, 0.3) is 16.7 Å². The van der Waals surface area contributed by atoms with Gasteiger partial charge in [0.1, 0.15) is 12.1 Å². The molecule has 1 fully saturated rings. The highest BCUT2D eigenvalue weighted by Crippen LogP contribution is 2.32. The predicted molar refractivity (Wildman–Crippen MR) is 145 cm³/mol. The van der Waals surface area contributed by atoms with E-state index in [4.69, 9.17) is 11.6 Å². The summed E-state index contributed by atoms with van der Waals surface area (Å²) in [7, 11) is 0. The number of nitrogens with zero attached hydrogens (tertiary/aromatic N) is 6. The molecular weight excluding hydrogens is 468 g/mol. The zero-order chi connectivity index (χ0) is 24.5. The molecule has 5 aromatic rings. The van der Waals surface area contributed by atoms with Crippen LogP contribution in [-0.2, 0) is 0 Å². The van der Waals surface area contributed by atoms with Gasteiger partial charge in [-0.05, 0) is 47.9 Å². The summed E-state index contributed by atoms with van der Waals surface area (Å²) < 4.78 is 1.90. The molecule has 0 radical (unpaired) electrons. The Balaban J connectivity index is 1.27. The van der Waals surface area contributed by atoms with E-state index in [-0.39, 0.29) is 6.04 Å². The van der Waals surface area contributed by atoms with Crippen molar-refractivity contribution in [3.8, 4) is 5.69 Å². The van der Waals surface area contributed by atoms with E-state index in [1.165, 1.54) is 16.7 Å². The zero-order valence-electron chi connectivity index (χ0n) is 20.1. The van der Waals surface area contributed by atoms with Crippen LogP contribution in [0.3, 0.4) is 0 Å². The first-order valence-electron chi connectivity index (χ1n) is 12.2. The highest BCUT2D eigenvalue weighted by Gasteiger charge is 2.28. The monoisotopic (exact) mass is 494 g/mol. The summed E-state index contributed by atoms with van der Waals surface area (Å²) in [5, 5.41) is 6.39. The Hall–Kier alpha value is -3.74. The Bertz CT molecular complexity index is 1470. The number of anilines is 1. The van der Waals surface area contributed by atoms with Gasteiger partial charge in [-0.3, -0.25) is 4.90 Å². The fourth-order valence-electron chi connectivity index (χ4n) is 5.12. The lowest BCUT2D eigenvalue weighted by molar-refractivity contribution is 0.212. The lowest BCUT2D eigenvalue weighted by atomic mass is 9.96. The molecular formula is C29H27ClN6. The number of hydrogen-bond acceptors (Lipinski definition) is 5. The van der Waals surface area contributed by atoms with Crippen molar-refractivity contribution >= 4 is 28.5 Å². The van der Waals surface area contributed by atoms with Gasteiger partial charge in [0.15, 0.2) is 5.65 Å². The molecule has 0 spiro atoms. The lowest BCUT2D eigenvalue weighted by Gasteiger charge is -2.40. The quantitative estimate of drug-likeness (QED) is 0.314. The van der Waals surface area contributed by atoms with Gasteiger partial charge < -0.3 is 4.90 Å². The maximum Gasteiger partial charge on any atom is 0.168 e. The number of benzene rings is 3. The summed E-state index contributed by atoms with van der Waals surface area (Å²) in [5.41, 5.74) is 5.57. The van der Waals surface area contributed by atoms with Crippen LogP contribution in [0.4, 0.5) is 5.82 Å². The number of aromatic nitrogens is 4. The van der Waals surface area contributed by atoms with E-state index < -0.39 is 0 Å². The summed E-state index contributed by atoms with van der Waals surface area (Å²) >= 11 is 6.19. The van der Waals surface area contributed by atoms with Crippen LogP contribution in [-0.4, -0.2) is 50.8 Å². The molecule has 0 saturated carbocycles. The second-order valence-electron chi connectivity index (χ2n) is 9.22. The van der Waals surface area contributed by atoms with Crippen molar-refractivity contribution in [2.75, 3.05) is 31.1 Å². The first kappa shape index (κ1) is 22.7. The second kappa shape index (κ2) is 9.72. The summed E-state index contributed by atoms with van der Waals surface area (Å²) in [4.78, 5) is 14.2. The molecule has 0 bridgehead atoms. The highest BCUT2D eigenvalue weighted by molar-refractivity contribution is 6.30. The molecule has 1 aliphatic heterocycles. The fraction of sp³-hybridized carbons (Fsp3) is 0.207. The predicted octanol–water partition coefficient (Wildman–Crippen LogP) is 5.69. The van der Waals surface area contributed by atoms with E-state index in [0.29, 0.717) is 0 Å². The zero-order valence-corrected chi connectivity index (χ0v) is 20.9. The second-order valence-corrected chi connectivity index (χ2v) is 9.65. The molecule has 36 heavy (non-hydrogen) atoms. The normalized spacial score (nSPS) is 15.3. The van der Waals surface area contributed by atoms with E-state index in [9.17, 15) is 0 Å². The number of halogens is 1. The third-order valence-electron chi connectivity index (χ3n) is 6.87. The minimum atomic E-state index is 0.181. The van der Waals surface area contributed by atoms with E-state index in [0.717, 1.165) is 53.7 Å². The van der Waals surface area contributed by atoms with Gasteiger partial charge >= 0.3 is 0 Å². The largest absolute Gasteiger partial charge is 0.353 e. The van der Waals surface area contributed by atoms with Crippen molar-refractivity contribution in [1.29, 1.82) is 0 Å². The standard InChI is InChI=1S/C29H27ClN6/c1-21-6-5-9-25(18-21)36-29-26(19-33-36)28(31-20-32-29)35-16-14-34(15-17-35)27(22-7-3-2-4-8-22)23-10-12-24(30)13-11-23/h2-13,18-20,27H,14-17H2,1H3/t27-/m0/s1. The Morgan fingerprint density at radius 2 is 1.56 bits per heavy atom. The van der Waals surface area contributed by atoms with Gasteiger partial charge in [-0.2, -0.15) is 5.10 Å². The van der Waals surface area contributed by atoms with Crippen molar-refractivity contribution in [3.05, 3.63) is 113 Å². The van der Waals surface area contributed by atoms with E-state index >= 15 is 0 Å². The molecule has 6 rings (SSSR count). The van der Waals surface area contributed by atoms with Crippen LogP contribution >= 0.6 is 11.6 Å². The highest BCUT2D eigenvalue weighted by atomic mass is 35.5. The van der Waals surface area contributed by atoms with E-state index in [2.05, 4.69) is 92.5 Å². The molecule has 3 aromatic carbocycles. The molecule has 0 N–H and O–H groups in total. The molecule has 3 heterocycles. The summed E-state index contributed by atoms with van der Waals surface area (Å²) in [6.07, 6.45) is 3.54. The van der Waals surface area contributed by atoms with Gasteiger partial charge in [0.05, 0.1) is 23.3 Å². The van der Waals surface area contributed by atoms with E-state index in [1.807, 2.05) is 29.1 Å². The van der Waals surface area contributed by atoms with Crippen molar-refractivity contribution in [1.82, 2.24) is 24.6 Å². The van der Waals surface area contributed by atoms with Crippen LogP contribution in [0.5, 0.6) is 0 Å². The smallest absolute Gasteiger partial charge is 0.168 e. The minimum Gasteiger partial charge on any atom is -0.353 e. The van der Waals surface area contributed by atoms with E-state index in [1.54, 1.807) is 6.33 Å². The van der Waals surface area contributed by atoms with Gasteiger partial charge in [0, 0.05) is 31.2 Å². The third-order valence-corrected chi connectivity index (χ3v) is 7.12. The van der Waals surface area contributed by atoms with Crippen LogP contribution in [0.15, 0.2) is 91.4 Å². The number of hydrogen-bond donors (Lipinski definition) is 0. The molecule has 2 aromatic heterocycles. The minimum absolute atomic E-state index is 0.181. The molecule has 1 atom stereocenters. The molecule has 6 nitrogen and oxygen atoms in total. The fourth-order valence-corrected chi connectivity index (χ4v) is 5.24. The number of rotatable bonds is 5. The maximum atomic E-state index is 6.19. The lowest BCUT2D eigenvalue weighted by Crippen LogP contribution is -2.48. The molecule has 1 saturated heterocycles. The van der Waals surface area contributed by atoms with Gasteiger partial charge in [-0.1, -0.05) is 66.2 Å². The Kier molecular flexibility index (Phi) is 6.13. The number of piperazine rings is 1. The van der Waals surface area contributed by atoms with Crippen LogP contribution < -0.4 is 4.90 Å². The van der Waals surface area contributed by atoms with Gasteiger partial charge in [0.2, 0.25) is 0 Å². The molecule has 0 aliphatic carbocycles. The first-order valence-corrected chi connectivity index (χ1v) is 12.6. The van der Waals surface area contributed by atoms with Crippen LogP contribution in [0.2, 0.25) is 5.02 Å².